The summed E-state index contributed by atoms with van der Waals surface area (Å²) in [5.41, 5.74) is 2.66. The minimum Gasteiger partial charge on any atom is -0.355 e. The lowest BCUT2D eigenvalue weighted by atomic mass is 10.1. The first kappa shape index (κ1) is 16.1. The Labute approximate surface area is 141 Å². The molecule has 1 aromatic heterocycles. The van der Waals surface area contributed by atoms with Crippen LogP contribution in [0.4, 0.5) is 0 Å². The van der Waals surface area contributed by atoms with Gasteiger partial charge in [-0.05, 0) is 42.8 Å². The van der Waals surface area contributed by atoms with Gasteiger partial charge < -0.3 is 14.8 Å². The van der Waals surface area contributed by atoms with Crippen LogP contribution in [-0.4, -0.2) is 34.9 Å². The maximum Gasteiger partial charge on any atom is 0.251 e. The summed E-state index contributed by atoms with van der Waals surface area (Å²) in [6, 6.07) is 11.3. The molecular formula is C19H21N3O2. The molecule has 0 unspecified atom stereocenters. The first-order valence-corrected chi connectivity index (χ1v) is 8.06. The van der Waals surface area contributed by atoms with Crippen molar-refractivity contribution in [2.75, 3.05) is 13.6 Å². The molecule has 0 bridgehead atoms. The van der Waals surface area contributed by atoms with Crippen molar-refractivity contribution in [2.45, 2.75) is 19.5 Å². The Bertz CT molecular complexity index is 774. The zero-order chi connectivity index (χ0) is 17.1. The van der Waals surface area contributed by atoms with Crippen molar-refractivity contribution in [3.05, 3.63) is 65.5 Å². The van der Waals surface area contributed by atoms with E-state index in [-0.39, 0.29) is 17.9 Å². The molecule has 1 aliphatic rings. The predicted octanol–water partition coefficient (Wildman–Crippen LogP) is 2.46. The number of nitrogens with one attached hydrogen (secondary N) is 1. The van der Waals surface area contributed by atoms with Gasteiger partial charge in [0.2, 0.25) is 5.91 Å². The summed E-state index contributed by atoms with van der Waals surface area (Å²) < 4.78 is 2.19. The van der Waals surface area contributed by atoms with Gasteiger partial charge in [0, 0.05) is 43.7 Å². The van der Waals surface area contributed by atoms with Gasteiger partial charge in [-0.15, -0.1) is 0 Å². The molecule has 1 N–H and O–H groups in total. The van der Waals surface area contributed by atoms with Crippen molar-refractivity contribution in [2.24, 2.45) is 0 Å². The van der Waals surface area contributed by atoms with E-state index < -0.39 is 0 Å². The fourth-order valence-electron chi connectivity index (χ4n) is 3.03. The molecule has 2 heterocycles. The van der Waals surface area contributed by atoms with Crippen LogP contribution in [0.1, 0.15) is 34.6 Å². The van der Waals surface area contributed by atoms with Crippen LogP contribution < -0.4 is 5.32 Å². The van der Waals surface area contributed by atoms with Gasteiger partial charge in [0.25, 0.3) is 5.91 Å². The Balaban J connectivity index is 1.68. The molecule has 0 fully saturated rings. The lowest BCUT2D eigenvalue weighted by Crippen LogP contribution is -2.39. The summed E-state index contributed by atoms with van der Waals surface area (Å²) >= 11 is 0. The van der Waals surface area contributed by atoms with E-state index in [4.69, 9.17) is 0 Å². The number of benzene rings is 1. The molecule has 24 heavy (non-hydrogen) atoms. The Hall–Kier alpha value is -2.82. The monoisotopic (exact) mass is 323 g/mol. The van der Waals surface area contributed by atoms with Crippen molar-refractivity contribution < 1.29 is 9.59 Å². The minimum atomic E-state index is -0.119. The first-order valence-electron chi connectivity index (χ1n) is 8.06. The maximum absolute atomic E-state index is 12.5. The molecule has 124 valence electrons. The summed E-state index contributed by atoms with van der Waals surface area (Å²) in [6.45, 7) is 3.59. The van der Waals surface area contributed by atoms with E-state index in [2.05, 4.69) is 29.1 Å². The van der Waals surface area contributed by atoms with Crippen LogP contribution in [0, 0.1) is 0 Å². The average Bonchev–Trinajstić information content (AvgIpc) is 3.09. The second kappa shape index (κ2) is 6.74. The van der Waals surface area contributed by atoms with Gasteiger partial charge in [-0.2, -0.15) is 0 Å². The van der Waals surface area contributed by atoms with Crippen molar-refractivity contribution in [3.63, 3.8) is 0 Å². The number of carbonyl (C=O) groups is 2. The van der Waals surface area contributed by atoms with Crippen molar-refractivity contribution >= 4 is 17.9 Å². The molecule has 5 nitrogen and oxygen atoms in total. The molecule has 1 aromatic carbocycles. The van der Waals surface area contributed by atoms with E-state index in [9.17, 15) is 9.59 Å². The lowest BCUT2D eigenvalue weighted by Gasteiger charge is -2.34. The number of rotatable bonds is 3. The Kier molecular flexibility index (Phi) is 4.51. The molecule has 3 rings (SSSR count). The second-order valence-electron chi connectivity index (χ2n) is 5.87. The molecule has 2 aromatic rings. The van der Waals surface area contributed by atoms with Crippen molar-refractivity contribution in [1.29, 1.82) is 0 Å². The molecule has 1 atom stereocenters. The molecule has 0 aliphatic carbocycles. The number of hydrogen-bond donors (Lipinski definition) is 1. The third-order valence-corrected chi connectivity index (χ3v) is 4.44. The number of nitrogens with zero attached hydrogens (tertiary/aromatic N) is 2. The Morgan fingerprint density at radius 2 is 1.92 bits per heavy atom. The van der Waals surface area contributed by atoms with Gasteiger partial charge in [0.05, 0.1) is 6.04 Å². The maximum atomic E-state index is 12.5. The second-order valence-corrected chi connectivity index (χ2v) is 5.87. The largest absolute Gasteiger partial charge is 0.355 e. The molecule has 0 saturated heterocycles. The quantitative estimate of drug-likeness (QED) is 0.882. The number of aromatic nitrogens is 1. The van der Waals surface area contributed by atoms with Crippen LogP contribution in [0.5, 0.6) is 0 Å². The van der Waals surface area contributed by atoms with Crippen LogP contribution in [0.2, 0.25) is 0 Å². The normalized spacial score (nSPS) is 16.9. The highest BCUT2D eigenvalue weighted by molar-refractivity contribution is 5.95. The van der Waals surface area contributed by atoms with Crippen LogP contribution in [-0.2, 0) is 11.3 Å². The number of hydrogen-bond acceptors (Lipinski definition) is 2. The fourth-order valence-corrected chi connectivity index (χ4v) is 3.03. The first-order chi connectivity index (χ1) is 11.6. The highest BCUT2D eigenvalue weighted by Gasteiger charge is 2.25. The van der Waals surface area contributed by atoms with Crippen molar-refractivity contribution in [1.82, 2.24) is 14.8 Å². The smallest absolute Gasteiger partial charge is 0.251 e. The van der Waals surface area contributed by atoms with E-state index in [1.807, 2.05) is 23.1 Å². The third kappa shape index (κ3) is 3.11. The fraction of sp³-hybridized carbons (Fsp3) is 0.263. The highest BCUT2D eigenvalue weighted by atomic mass is 16.2. The number of fused-ring (bicyclic) bond motifs is 1. The summed E-state index contributed by atoms with van der Waals surface area (Å²) in [7, 11) is 1.60. The average molecular weight is 323 g/mol. The van der Waals surface area contributed by atoms with Gasteiger partial charge in [-0.3, -0.25) is 9.59 Å². The number of carbonyl (C=O) groups excluding carboxylic acids is 2. The van der Waals surface area contributed by atoms with Gasteiger partial charge in [-0.1, -0.05) is 12.1 Å². The predicted molar refractivity (Wildman–Crippen MR) is 93.4 cm³/mol. The standard InChI is InChI=1S/C19H21N3O2/c1-14-17-4-3-11-21(17)12-13-22(14)18(23)10-7-15-5-8-16(9-6-15)19(24)20-2/h3-11,14H,12-13H2,1-2H3,(H,20,24)/b10-7+/t14-/m1/s1. The van der Waals surface area contributed by atoms with Gasteiger partial charge in [0.15, 0.2) is 0 Å². The van der Waals surface area contributed by atoms with E-state index in [1.54, 1.807) is 31.3 Å². The van der Waals surface area contributed by atoms with E-state index in [1.165, 1.54) is 0 Å². The molecule has 0 saturated carbocycles. The van der Waals surface area contributed by atoms with Gasteiger partial charge in [0.1, 0.15) is 0 Å². The lowest BCUT2D eigenvalue weighted by molar-refractivity contribution is -0.129. The van der Waals surface area contributed by atoms with Crippen LogP contribution in [0.15, 0.2) is 48.7 Å². The topological polar surface area (TPSA) is 54.3 Å². The van der Waals surface area contributed by atoms with Crippen LogP contribution >= 0.6 is 0 Å². The van der Waals surface area contributed by atoms with Gasteiger partial charge in [-0.25, -0.2) is 0 Å². The van der Waals surface area contributed by atoms with Crippen molar-refractivity contribution in [3.8, 4) is 0 Å². The van der Waals surface area contributed by atoms with Crippen LogP contribution in [0.25, 0.3) is 6.08 Å². The highest BCUT2D eigenvalue weighted by Crippen LogP contribution is 2.25. The van der Waals surface area contributed by atoms with Gasteiger partial charge >= 0.3 is 0 Å². The Morgan fingerprint density at radius 3 is 2.62 bits per heavy atom. The summed E-state index contributed by atoms with van der Waals surface area (Å²) in [5.74, 6) is -0.114. The zero-order valence-electron chi connectivity index (χ0n) is 13.9. The minimum absolute atomic E-state index is 0.00493. The van der Waals surface area contributed by atoms with E-state index in [0.717, 1.165) is 17.8 Å². The van der Waals surface area contributed by atoms with Crippen LogP contribution in [0.3, 0.4) is 0 Å². The summed E-state index contributed by atoms with van der Waals surface area (Å²) in [4.78, 5) is 25.9. The molecule has 0 radical (unpaired) electrons. The summed E-state index contributed by atoms with van der Waals surface area (Å²) in [5, 5.41) is 2.59. The molecule has 5 heteroatoms. The molecule has 2 amide bonds. The van der Waals surface area contributed by atoms with E-state index >= 15 is 0 Å². The third-order valence-electron chi connectivity index (χ3n) is 4.44. The Morgan fingerprint density at radius 1 is 1.17 bits per heavy atom. The zero-order valence-corrected chi connectivity index (χ0v) is 13.9. The molecular weight excluding hydrogens is 302 g/mol. The number of amides is 2. The SMILES string of the molecule is CNC(=O)c1ccc(/C=C/C(=O)N2CCn3cccc3[C@H]2C)cc1. The van der Waals surface area contributed by atoms with E-state index in [0.29, 0.717) is 12.1 Å². The molecule has 0 spiro atoms. The molecule has 1 aliphatic heterocycles. The summed E-state index contributed by atoms with van der Waals surface area (Å²) in [6.07, 6.45) is 5.44.